The molecule has 5 rings (SSSR count). The average Bonchev–Trinajstić information content (AvgIpc) is 3.48. The highest BCUT2D eigenvalue weighted by atomic mass is 32.1. The zero-order valence-electron chi connectivity index (χ0n) is 21.4. The monoisotopic (exact) mass is 544 g/mol. The zero-order chi connectivity index (χ0) is 27.4. The Morgan fingerprint density at radius 3 is 2.59 bits per heavy atom. The first-order chi connectivity index (χ1) is 18.9. The third-order valence-corrected chi connectivity index (χ3v) is 7.93. The molecule has 0 bridgehead atoms. The zero-order valence-corrected chi connectivity index (χ0v) is 22.2. The number of benzene rings is 2. The maximum Gasteiger partial charge on any atom is 0.275 e. The van der Waals surface area contributed by atoms with Gasteiger partial charge >= 0.3 is 0 Å². The Bertz CT molecular complexity index is 1510. The number of fused-ring (bicyclic) bond motifs is 1. The van der Waals surface area contributed by atoms with Gasteiger partial charge in [0.1, 0.15) is 22.7 Å². The number of thiazole rings is 1. The summed E-state index contributed by atoms with van der Waals surface area (Å²) in [6.07, 6.45) is 3.43. The number of hydrogen-bond donors (Lipinski definition) is 2. The number of nitrogens with zero attached hydrogens (tertiary/aromatic N) is 3. The number of nitrogens with one attached hydrogen (secondary N) is 1. The fourth-order valence-corrected chi connectivity index (χ4v) is 5.68. The van der Waals surface area contributed by atoms with Gasteiger partial charge in [0.05, 0.1) is 17.8 Å². The van der Waals surface area contributed by atoms with E-state index < -0.39 is 0 Å². The Morgan fingerprint density at radius 2 is 1.85 bits per heavy atom. The number of amides is 2. The number of Topliss-reactive ketones (excluding diaryl/α,β-unsaturated/α-hetero) is 1. The SMILES string of the molecule is COc1ccc(C(=O)CCC(=O)N2CCC(c3nc(C(=O)Nc4ccc(O)c5ncccc45)cs3)CC2)cc1. The molecule has 2 N–H and O–H groups in total. The predicted molar refractivity (Wildman–Crippen MR) is 149 cm³/mol. The number of piperidine rings is 1. The molecule has 0 unspecified atom stereocenters. The summed E-state index contributed by atoms with van der Waals surface area (Å²) in [7, 11) is 1.57. The lowest BCUT2D eigenvalue weighted by Crippen LogP contribution is -2.38. The first kappa shape index (κ1) is 26.3. The number of methoxy groups -OCH3 is 1. The Morgan fingerprint density at radius 1 is 1.08 bits per heavy atom. The molecule has 9 nitrogen and oxygen atoms in total. The number of anilines is 1. The largest absolute Gasteiger partial charge is 0.506 e. The summed E-state index contributed by atoms with van der Waals surface area (Å²) < 4.78 is 5.12. The van der Waals surface area contributed by atoms with Crippen LogP contribution in [0, 0.1) is 0 Å². The summed E-state index contributed by atoms with van der Waals surface area (Å²) in [5, 5.41) is 16.2. The molecule has 2 aromatic carbocycles. The highest BCUT2D eigenvalue weighted by Gasteiger charge is 2.27. The number of ketones is 1. The predicted octanol–water partition coefficient (Wildman–Crippen LogP) is 5.03. The number of hydrogen-bond acceptors (Lipinski definition) is 8. The van der Waals surface area contributed by atoms with E-state index in [0.717, 1.165) is 17.8 Å². The van der Waals surface area contributed by atoms with E-state index in [9.17, 15) is 19.5 Å². The Balaban J connectivity index is 1.13. The number of rotatable bonds is 8. The second-order valence-corrected chi connectivity index (χ2v) is 10.3. The van der Waals surface area contributed by atoms with Crippen LogP contribution in [-0.2, 0) is 4.79 Å². The normalized spacial score (nSPS) is 13.8. The quantitative estimate of drug-likeness (QED) is 0.236. The summed E-state index contributed by atoms with van der Waals surface area (Å²) >= 11 is 1.44. The van der Waals surface area contributed by atoms with Gasteiger partial charge in [-0.05, 0) is 61.4 Å². The molecule has 0 saturated carbocycles. The minimum Gasteiger partial charge on any atom is -0.506 e. The summed E-state index contributed by atoms with van der Waals surface area (Å²) in [6, 6.07) is 13.6. The molecule has 0 spiro atoms. The minimum atomic E-state index is -0.331. The van der Waals surface area contributed by atoms with Crippen molar-refractivity contribution in [1.82, 2.24) is 14.9 Å². The molecule has 1 aliphatic heterocycles. The highest BCUT2D eigenvalue weighted by Crippen LogP contribution is 2.32. The highest BCUT2D eigenvalue weighted by molar-refractivity contribution is 7.10. The van der Waals surface area contributed by atoms with Gasteiger partial charge in [0.2, 0.25) is 5.91 Å². The van der Waals surface area contributed by atoms with E-state index in [1.54, 1.807) is 61.2 Å². The number of phenols is 1. The molecule has 39 heavy (non-hydrogen) atoms. The number of pyridine rings is 1. The summed E-state index contributed by atoms with van der Waals surface area (Å²) in [5.41, 5.74) is 1.87. The van der Waals surface area contributed by atoms with Crippen molar-refractivity contribution < 1.29 is 24.2 Å². The Labute approximate surface area is 229 Å². The molecule has 2 aromatic heterocycles. The van der Waals surface area contributed by atoms with Crippen molar-refractivity contribution in [2.45, 2.75) is 31.6 Å². The van der Waals surface area contributed by atoms with Crippen molar-refractivity contribution in [2.24, 2.45) is 0 Å². The van der Waals surface area contributed by atoms with Crippen molar-refractivity contribution in [1.29, 1.82) is 0 Å². The van der Waals surface area contributed by atoms with E-state index in [2.05, 4.69) is 15.3 Å². The van der Waals surface area contributed by atoms with Crippen molar-refractivity contribution in [2.75, 3.05) is 25.5 Å². The molecule has 10 heteroatoms. The first-order valence-electron chi connectivity index (χ1n) is 12.7. The smallest absolute Gasteiger partial charge is 0.275 e. The molecule has 4 aromatic rings. The van der Waals surface area contributed by atoms with Gasteiger partial charge in [-0.2, -0.15) is 0 Å². The van der Waals surface area contributed by atoms with Gasteiger partial charge in [0.25, 0.3) is 5.91 Å². The molecule has 3 heterocycles. The van der Waals surface area contributed by atoms with E-state index in [1.165, 1.54) is 17.4 Å². The van der Waals surface area contributed by atoms with E-state index in [0.29, 0.717) is 46.7 Å². The van der Waals surface area contributed by atoms with E-state index in [4.69, 9.17) is 4.74 Å². The number of aromatic nitrogens is 2. The molecular weight excluding hydrogens is 516 g/mol. The Kier molecular flexibility index (Phi) is 7.83. The second kappa shape index (κ2) is 11.6. The van der Waals surface area contributed by atoms with Crippen molar-refractivity contribution in [3.8, 4) is 11.5 Å². The van der Waals surface area contributed by atoms with Crippen LogP contribution in [0.3, 0.4) is 0 Å². The molecule has 1 fully saturated rings. The van der Waals surface area contributed by atoms with E-state index in [1.807, 2.05) is 4.90 Å². The van der Waals surface area contributed by atoms with Gasteiger partial charge in [-0.25, -0.2) is 4.98 Å². The van der Waals surface area contributed by atoms with Crippen molar-refractivity contribution >= 4 is 45.5 Å². The molecule has 2 amide bonds. The lowest BCUT2D eigenvalue weighted by molar-refractivity contribution is -0.132. The number of likely N-dealkylation sites (tertiary alicyclic amines) is 1. The average molecular weight is 545 g/mol. The molecule has 0 atom stereocenters. The van der Waals surface area contributed by atoms with Gasteiger partial charge in [0, 0.05) is 54.4 Å². The van der Waals surface area contributed by atoms with Crippen LogP contribution in [0.2, 0.25) is 0 Å². The first-order valence-corrected chi connectivity index (χ1v) is 13.6. The van der Waals surface area contributed by atoms with Crippen molar-refractivity contribution in [3.63, 3.8) is 0 Å². The van der Waals surface area contributed by atoms with Crippen LogP contribution < -0.4 is 10.1 Å². The van der Waals surface area contributed by atoms with Gasteiger partial charge < -0.3 is 20.1 Å². The number of ether oxygens (including phenoxy) is 1. The Hall–Kier alpha value is -4.31. The molecule has 1 saturated heterocycles. The van der Waals surface area contributed by atoms with Gasteiger partial charge in [-0.3, -0.25) is 19.4 Å². The van der Waals surface area contributed by atoms with Crippen LogP contribution in [0.25, 0.3) is 10.9 Å². The lowest BCUT2D eigenvalue weighted by Gasteiger charge is -2.31. The van der Waals surface area contributed by atoms with Crippen LogP contribution in [-0.4, -0.2) is 57.8 Å². The summed E-state index contributed by atoms with van der Waals surface area (Å²) in [4.78, 5) is 48.7. The fraction of sp³-hybridized carbons (Fsp3) is 0.276. The number of carbonyl (C=O) groups is 3. The van der Waals surface area contributed by atoms with Crippen molar-refractivity contribution in [3.05, 3.63) is 76.4 Å². The molecular formula is C29H28N4O5S. The maximum absolute atomic E-state index is 12.9. The third-order valence-electron chi connectivity index (χ3n) is 6.93. The van der Waals surface area contributed by atoms with Crippen LogP contribution in [0.15, 0.2) is 60.1 Å². The van der Waals surface area contributed by atoms with Gasteiger partial charge in [0.15, 0.2) is 5.78 Å². The fourth-order valence-electron chi connectivity index (χ4n) is 4.71. The van der Waals surface area contributed by atoms with Crippen LogP contribution in [0.1, 0.15) is 57.5 Å². The number of carbonyl (C=O) groups excluding carboxylic acids is 3. The number of phenolic OH excluding ortho intramolecular Hbond substituents is 1. The van der Waals surface area contributed by atoms with E-state index in [-0.39, 0.29) is 42.1 Å². The van der Waals surface area contributed by atoms with E-state index >= 15 is 0 Å². The lowest BCUT2D eigenvalue weighted by atomic mass is 9.97. The third kappa shape index (κ3) is 5.91. The molecule has 0 aliphatic carbocycles. The van der Waals surface area contributed by atoms with Crippen LogP contribution in [0.4, 0.5) is 5.69 Å². The molecule has 1 aliphatic rings. The van der Waals surface area contributed by atoms with Gasteiger partial charge in [-0.15, -0.1) is 11.3 Å². The second-order valence-electron chi connectivity index (χ2n) is 9.36. The molecule has 200 valence electrons. The van der Waals surface area contributed by atoms with Crippen LogP contribution in [0.5, 0.6) is 11.5 Å². The summed E-state index contributed by atoms with van der Waals surface area (Å²) in [6.45, 7) is 1.18. The summed E-state index contributed by atoms with van der Waals surface area (Å²) in [5.74, 6) is 0.481. The standard InChI is InChI=1S/C29H28N4O5S/c1-38-20-6-4-18(5-7-20)24(34)10-11-26(36)33-15-12-19(13-16-33)29-32-23(17-39-29)28(37)31-22-8-9-25(35)27-21(22)3-2-14-30-27/h2-9,14,17,19,35H,10-13,15-16H2,1H3,(H,31,37). The van der Waals surface area contributed by atoms with Gasteiger partial charge in [-0.1, -0.05) is 0 Å². The number of aromatic hydroxyl groups is 1. The van der Waals surface area contributed by atoms with Crippen LogP contribution >= 0.6 is 11.3 Å². The maximum atomic E-state index is 12.9. The minimum absolute atomic E-state index is 0.0230. The topological polar surface area (TPSA) is 122 Å². The molecule has 0 radical (unpaired) electrons.